The molecule has 3 N–H and O–H groups in total. The number of ether oxygens (including phenoxy) is 1. The number of carbonyl (C=O) groups excluding carboxylic acids is 2. The van der Waals surface area contributed by atoms with Gasteiger partial charge in [-0.3, -0.25) is 9.59 Å². The molecule has 5 aliphatic rings. The van der Waals surface area contributed by atoms with Crippen molar-refractivity contribution in [1.29, 1.82) is 0 Å². The average molecular weight is 383 g/mol. The van der Waals surface area contributed by atoms with Crippen molar-refractivity contribution >= 4 is 11.7 Å². The molecule has 0 radical (unpaired) electrons. The van der Waals surface area contributed by atoms with Gasteiger partial charge >= 0.3 is 0 Å². The van der Waals surface area contributed by atoms with Gasteiger partial charge in [0.1, 0.15) is 17.4 Å². The number of Topliss-reactive ketones (excluding diaryl/α,β-unsaturated/α-hetero) is 1. The maximum atomic E-state index is 12.9. The Balaban J connectivity index is 1.60. The SMILES string of the molecule is C[N+]1(CC2CC2)CCC23c4c5ccc(C(N)=O)c4O[C@H]2C(=O)CC[C@@]3(O)[C@H]1C5. The first-order chi connectivity index (χ1) is 13.3. The smallest absolute Gasteiger partial charge is 0.252 e. The van der Waals surface area contributed by atoms with E-state index in [0.717, 1.165) is 41.0 Å². The quantitative estimate of drug-likeness (QED) is 0.764. The highest BCUT2D eigenvalue weighted by atomic mass is 16.5. The van der Waals surface area contributed by atoms with E-state index in [1.165, 1.54) is 12.8 Å². The number of primary amides is 1. The van der Waals surface area contributed by atoms with Crippen LogP contribution in [0.2, 0.25) is 0 Å². The number of nitrogens with two attached hydrogens (primary N) is 1. The Kier molecular flexibility index (Phi) is 3.02. The monoisotopic (exact) mass is 383 g/mol. The summed E-state index contributed by atoms with van der Waals surface area (Å²) < 4.78 is 7.06. The lowest BCUT2D eigenvalue weighted by molar-refractivity contribution is -0.950. The van der Waals surface area contributed by atoms with E-state index < -0.39 is 23.0 Å². The molecular weight excluding hydrogens is 356 g/mol. The highest BCUT2D eigenvalue weighted by Gasteiger charge is 2.76. The Morgan fingerprint density at radius 2 is 2.14 bits per heavy atom. The molecule has 1 aromatic rings. The number of piperidine rings is 1. The van der Waals surface area contributed by atoms with Crippen molar-refractivity contribution in [3.63, 3.8) is 0 Å². The number of likely N-dealkylation sites (tertiary alicyclic amines) is 1. The molecule has 1 spiro atoms. The number of amides is 1. The molecule has 2 saturated carbocycles. The molecule has 28 heavy (non-hydrogen) atoms. The molecule has 3 fully saturated rings. The minimum absolute atomic E-state index is 0.0428. The fraction of sp³-hybridized carbons (Fsp3) is 0.636. The van der Waals surface area contributed by atoms with Gasteiger partial charge in [0, 0.05) is 30.7 Å². The molecular formula is C22H27N2O4+. The van der Waals surface area contributed by atoms with Crippen LogP contribution in [0, 0.1) is 5.92 Å². The number of rotatable bonds is 3. The number of hydrogen-bond donors (Lipinski definition) is 2. The number of hydrogen-bond acceptors (Lipinski definition) is 4. The second-order valence-electron chi connectivity index (χ2n) is 10.00. The second kappa shape index (κ2) is 4.97. The van der Waals surface area contributed by atoms with Crippen LogP contribution in [0.5, 0.6) is 5.75 Å². The predicted octanol–water partition coefficient (Wildman–Crippen LogP) is 1.06. The van der Waals surface area contributed by atoms with Crippen molar-refractivity contribution < 1.29 is 23.9 Å². The van der Waals surface area contributed by atoms with Crippen LogP contribution < -0.4 is 10.5 Å². The van der Waals surface area contributed by atoms with Gasteiger partial charge in [0.25, 0.3) is 5.91 Å². The molecule has 2 aliphatic heterocycles. The zero-order valence-corrected chi connectivity index (χ0v) is 16.2. The number of quaternary nitrogens is 1. The number of aliphatic hydroxyl groups is 1. The molecule has 5 atom stereocenters. The van der Waals surface area contributed by atoms with Crippen LogP contribution >= 0.6 is 0 Å². The Labute approximate surface area is 164 Å². The van der Waals surface area contributed by atoms with Crippen molar-refractivity contribution in [3.8, 4) is 5.75 Å². The minimum Gasteiger partial charge on any atom is -0.480 e. The lowest BCUT2D eigenvalue weighted by atomic mass is 9.48. The zero-order valence-electron chi connectivity index (χ0n) is 16.2. The van der Waals surface area contributed by atoms with Crippen molar-refractivity contribution in [1.82, 2.24) is 0 Å². The van der Waals surface area contributed by atoms with Gasteiger partial charge in [0.15, 0.2) is 11.9 Å². The van der Waals surface area contributed by atoms with Gasteiger partial charge in [-0.2, -0.15) is 0 Å². The van der Waals surface area contributed by atoms with Gasteiger partial charge < -0.3 is 20.1 Å². The van der Waals surface area contributed by atoms with E-state index in [2.05, 4.69) is 7.05 Å². The van der Waals surface area contributed by atoms with E-state index in [0.29, 0.717) is 30.6 Å². The van der Waals surface area contributed by atoms with Gasteiger partial charge in [-0.05, 0) is 30.9 Å². The third-order valence-electron chi connectivity index (χ3n) is 8.56. The maximum Gasteiger partial charge on any atom is 0.252 e. The summed E-state index contributed by atoms with van der Waals surface area (Å²) in [7, 11) is 2.29. The van der Waals surface area contributed by atoms with E-state index in [1.807, 2.05) is 6.07 Å². The summed E-state index contributed by atoms with van der Waals surface area (Å²) in [6, 6.07) is 3.77. The number of benzene rings is 1. The van der Waals surface area contributed by atoms with Gasteiger partial charge in [0.05, 0.1) is 31.1 Å². The van der Waals surface area contributed by atoms with Gasteiger partial charge in [0.2, 0.25) is 0 Å². The molecule has 1 amide bonds. The fourth-order valence-corrected chi connectivity index (χ4v) is 7.15. The Morgan fingerprint density at radius 3 is 2.86 bits per heavy atom. The number of carbonyl (C=O) groups is 2. The summed E-state index contributed by atoms with van der Waals surface area (Å²) in [4.78, 5) is 25.0. The van der Waals surface area contributed by atoms with Crippen LogP contribution in [0.3, 0.4) is 0 Å². The lowest BCUT2D eigenvalue weighted by Gasteiger charge is -2.64. The van der Waals surface area contributed by atoms with E-state index >= 15 is 0 Å². The number of nitrogens with zero attached hydrogens (tertiary/aromatic N) is 1. The van der Waals surface area contributed by atoms with Crippen LogP contribution in [-0.4, -0.2) is 59.2 Å². The molecule has 1 saturated heterocycles. The molecule has 6 heteroatoms. The Hall–Kier alpha value is -1.92. The van der Waals surface area contributed by atoms with Crippen LogP contribution in [-0.2, 0) is 16.6 Å². The summed E-state index contributed by atoms with van der Waals surface area (Å²) in [6.45, 7) is 2.03. The minimum atomic E-state index is -0.984. The van der Waals surface area contributed by atoms with Crippen LogP contribution in [0.15, 0.2) is 12.1 Å². The standard InChI is InChI=1S/C22H26N2O4/c1-24(11-12-2-3-12)9-8-21-17-13-4-5-14(20(23)26)18(17)28-19(21)15(25)6-7-22(21,27)16(24)10-13/h4-5,12,16,19,27H,2-3,6-11H2,1H3,(H-,23,26)/p+1/t16-,19+,21?,22-,24?/m1/s1. The largest absolute Gasteiger partial charge is 0.480 e. The van der Waals surface area contributed by atoms with E-state index in [1.54, 1.807) is 6.07 Å². The third kappa shape index (κ3) is 1.77. The van der Waals surface area contributed by atoms with Crippen molar-refractivity contribution in [2.45, 2.75) is 61.7 Å². The number of likely N-dealkylation sites (N-methyl/N-ethyl adjacent to an activating group) is 1. The third-order valence-corrected chi connectivity index (χ3v) is 8.56. The zero-order chi connectivity index (χ0) is 19.5. The number of ketones is 1. The molecule has 2 bridgehead atoms. The lowest BCUT2D eigenvalue weighted by Crippen LogP contribution is -2.80. The molecule has 1 aromatic carbocycles. The van der Waals surface area contributed by atoms with E-state index in [9.17, 15) is 14.7 Å². The Bertz CT molecular complexity index is 941. The molecule has 148 valence electrons. The summed E-state index contributed by atoms with van der Waals surface area (Å²) in [5, 5.41) is 12.3. The second-order valence-corrected chi connectivity index (χ2v) is 10.00. The van der Waals surface area contributed by atoms with Gasteiger partial charge in [-0.15, -0.1) is 0 Å². The predicted molar refractivity (Wildman–Crippen MR) is 101 cm³/mol. The molecule has 3 aliphatic carbocycles. The first-order valence-corrected chi connectivity index (χ1v) is 10.5. The molecule has 6 nitrogen and oxygen atoms in total. The highest BCUT2D eigenvalue weighted by Crippen LogP contribution is 2.65. The average Bonchev–Trinajstić information content (AvgIpc) is 3.37. The summed E-state index contributed by atoms with van der Waals surface area (Å²) in [6.07, 6.45) is 4.16. The van der Waals surface area contributed by atoms with Crippen molar-refractivity contribution in [3.05, 3.63) is 28.8 Å². The summed E-state index contributed by atoms with van der Waals surface area (Å²) >= 11 is 0. The summed E-state index contributed by atoms with van der Waals surface area (Å²) in [5.74, 6) is 0.718. The molecule has 2 heterocycles. The highest BCUT2D eigenvalue weighted by molar-refractivity contribution is 5.98. The first-order valence-electron chi connectivity index (χ1n) is 10.5. The molecule has 2 unspecified atom stereocenters. The van der Waals surface area contributed by atoms with Crippen molar-refractivity contribution in [2.75, 3.05) is 20.1 Å². The summed E-state index contributed by atoms with van der Waals surface area (Å²) in [5.41, 5.74) is 6.24. The molecule has 0 aromatic heterocycles. The molecule has 6 rings (SSSR count). The topological polar surface area (TPSA) is 89.6 Å². The Morgan fingerprint density at radius 1 is 1.36 bits per heavy atom. The van der Waals surface area contributed by atoms with Gasteiger partial charge in [-0.1, -0.05) is 6.07 Å². The fourth-order valence-electron chi connectivity index (χ4n) is 7.15. The van der Waals surface area contributed by atoms with E-state index in [4.69, 9.17) is 10.5 Å². The van der Waals surface area contributed by atoms with Crippen LogP contribution in [0.1, 0.15) is 53.6 Å². The van der Waals surface area contributed by atoms with Crippen LogP contribution in [0.25, 0.3) is 0 Å². The van der Waals surface area contributed by atoms with Crippen molar-refractivity contribution in [2.24, 2.45) is 11.7 Å². The maximum absolute atomic E-state index is 12.9. The normalized spacial score (nSPS) is 42.7. The van der Waals surface area contributed by atoms with Gasteiger partial charge in [-0.25, -0.2) is 0 Å². The van der Waals surface area contributed by atoms with E-state index in [-0.39, 0.29) is 11.8 Å². The van der Waals surface area contributed by atoms with Crippen LogP contribution in [0.4, 0.5) is 0 Å². The first kappa shape index (κ1) is 17.0.